The fourth-order valence-corrected chi connectivity index (χ4v) is 2.47. The number of ether oxygens (including phenoxy) is 1. The van der Waals surface area contributed by atoms with Crippen LogP contribution in [0.25, 0.3) is 11.1 Å². The standard InChI is InChI=1S/C15H14BrNO/c1-10-2-3-11(8-13(10)16)12-4-5-15-14(9-12)17-6-7-18-15/h2-5,8-9,17H,6-7H2,1H3. The zero-order valence-electron chi connectivity index (χ0n) is 10.2. The normalized spacial score (nSPS) is 13.4. The van der Waals surface area contributed by atoms with Crippen LogP contribution < -0.4 is 10.1 Å². The second-order valence-corrected chi connectivity index (χ2v) is 5.30. The van der Waals surface area contributed by atoms with Crippen LogP contribution in [-0.4, -0.2) is 13.2 Å². The molecule has 1 aliphatic rings. The van der Waals surface area contributed by atoms with Crippen LogP contribution in [0.15, 0.2) is 40.9 Å². The van der Waals surface area contributed by atoms with Crippen molar-refractivity contribution >= 4 is 21.6 Å². The molecule has 0 amide bonds. The highest BCUT2D eigenvalue weighted by atomic mass is 79.9. The van der Waals surface area contributed by atoms with Crippen molar-refractivity contribution in [3.8, 4) is 16.9 Å². The number of fused-ring (bicyclic) bond motifs is 1. The molecule has 3 rings (SSSR count). The van der Waals surface area contributed by atoms with Crippen molar-refractivity contribution in [2.24, 2.45) is 0 Å². The summed E-state index contributed by atoms with van der Waals surface area (Å²) in [5, 5.41) is 3.36. The molecule has 1 heterocycles. The van der Waals surface area contributed by atoms with Crippen molar-refractivity contribution in [2.45, 2.75) is 6.92 Å². The molecule has 0 unspecified atom stereocenters. The van der Waals surface area contributed by atoms with Crippen LogP contribution in [0, 0.1) is 6.92 Å². The monoisotopic (exact) mass is 303 g/mol. The maximum absolute atomic E-state index is 5.59. The Bertz CT molecular complexity index is 595. The summed E-state index contributed by atoms with van der Waals surface area (Å²) in [5.74, 6) is 0.941. The third-order valence-corrected chi connectivity index (χ3v) is 4.01. The van der Waals surface area contributed by atoms with E-state index in [4.69, 9.17) is 4.74 Å². The molecule has 0 spiro atoms. The van der Waals surface area contributed by atoms with Gasteiger partial charge < -0.3 is 10.1 Å². The summed E-state index contributed by atoms with van der Waals surface area (Å²) in [5.41, 5.74) is 4.74. The van der Waals surface area contributed by atoms with Crippen LogP contribution in [0.1, 0.15) is 5.56 Å². The smallest absolute Gasteiger partial charge is 0.142 e. The molecule has 0 fully saturated rings. The van der Waals surface area contributed by atoms with Gasteiger partial charge in [-0.25, -0.2) is 0 Å². The van der Waals surface area contributed by atoms with E-state index in [9.17, 15) is 0 Å². The third-order valence-electron chi connectivity index (χ3n) is 3.16. The Balaban J connectivity index is 2.03. The highest BCUT2D eigenvalue weighted by Crippen LogP contribution is 2.33. The van der Waals surface area contributed by atoms with Gasteiger partial charge in [0.1, 0.15) is 12.4 Å². The summed E-state index contributed by atoms with van der Waals surface area (Å²) in [6, 6.07) is 12.7. The Kier molecular flexibility index (Phi) is 3.00. The van der Waals surface area contributed by atoms with Crippen molar-refractivity contribution in [2.75, 3.05) is 18.5 Å². The predicted molar refractivity (Wildman–Crippen MR) is 78.3 cm³/mol. The van der Waals surface area contributed by atoms with E-state index in [0.717, 1.165) is 29.1 Å². The van der Waals surface area contributed by atoms with Crippen LogP contribution in [0.5, 0.6) is 5.75 Å². The van der Waals surface area contributed by atoms with Gasteiger partial charge in [-0.15, -0.1) is 0 Å². The molecule has 2 nitrogen and oxygen atoms in total. The molecular formula is C15H14BrNO. The van der Waals surface area contributed by atoms with Crippen molar-refractivity contribution < 1.29 is 4.74 Å². The van der Waals surface area contributed by atoms with E-state index in [1.807, 2.05) is 6.07 Å². The largest absolute Gasteiger partial charge is 0.490 e. The molecule has 0 bridgehead atoms. The number of aryl methyl sites for hydroxylation is 1. The predicted octanol–water partition coefficient (Wildman–Crippen LogP) is 4.23. The van der Waals surface area contributed by atoms with Gasteiger partial charge in [0.15, 0.2) is 0 Å². The number of rotatable bonds is 1. The van der Waals surface area contributed by atoms with Crippen molar-refractivity contribution in [3.63, 3.8) is 0 Å². The van der Waals surface area contributed by atoms with E-state index < -0.39 is 0 Å². The lowest BCUT2D eigenvalue weighted by Crippen LogP contribution is -2.17. The first-order valence-corrected chi connectivity index (χ1v) is 6.80. The molecular weight excluding hydrogens is 290 g/mol. The number of anilines is 1. The number of benzene rings is 2. The van der Waals surface area contributed by atoms with Crippen LogP contribution in [-0.2, 0) is 0 Å². The highest BCUT2D eigenvalue weighted by Gasteiger charge is 2.10. The summed E-state index contributed by atoms with van der Waals surface area (Å²) < 4.78 is 6.73. The highest BCUT2D eigenvalue weighted by molar-refractivity contribution is 9.10. The maximum atomic E-state index is 5.59. The van der Waals surface area contributed by atoms with Gasteiger partial charge in [0.05, 0.1) is 5.69 Å². The molecule has 0 aliphatic carbocycles. The van der Waals surface area contributed by atoms with Crippen molar-refractivity contribution in [1.29, 1.82) is 0 Å². The first-order valence-electron chi connectivity index (χ1n) is 6.01. The third kappa shape index (κ3) is 2.10. The van der Waals surface area contributed by atoms with Gasteiger partial charge in [-0.1, -0.05) is 34.1 Å². The van der Waals surface area contributed by atoms with Crippen molar-refractivity contribution in [1.82, 2.24) is 0 Å². The topological polar surface area (TPSA) is 21.3 Å². The Morgan fingerprint density at radius 2 is 1.89 bits per heavy atom. The molecule has 2 aromatic rings. The van der Waals surface area contributed by atoms with Crippen LogP contribution >= 0.6 is 15.9 Å². The molecule has 2 aromatic carbocycles. The summed E-state index contributed by atoms with van der Waals surface area (Å²) >= 11 is 3.58. The molecule has 3 heteroatoms. The van der Waals surface area contributed by atoms with E-state index in [1.54, 1.807) is 0 Å². The Morgan fingerprint density at radius 3 is 2.72 bits per heavy atom. The summed E-state index contributed by atoms with van der Waals surface area (Å²) in [7, 11) is 0. The average Bonchev–Trinajstić information content (AvgIpc) is 2.41. The minimum Gasteiger partial charge on any atom is -0.490 e. The first-order chi connectivity index (χ1) is 8.74. The van der Waals surface area contributed by atoms with Crippen LogP contribution in [0.3, 0.4) is 0 Å². The zero-order chi connectivity index (χ0) is 12.5. The zero-order valence-corrected chi connectivity index (χ0v) is 11.8. The molecule has 0 saturated carbocycles. The quantitative estimate of drug-likeness (QED) is 0.851. The van der Waals surface area contributed by atoms with E-state index >= 15 is 0 Å². The van der Waals surface area contributed by atoms with Gasteiger partial charge in [0.2, 0.25) is 0 Å². The first kappa shape index (κ1) is 11.6. The summed E-state index contributed by atoms with van der Waals surface area (Å²) in [6.07, 6.45) is 0. The molecule has 0 aromatic heterocycles. The van der Waals surface area contributed by atoms with Crippen LogP contribution in [0.4, 0.5) is 5.69 Å². The molecule has 0 saturated heterocycles. The Morgan fingerprint density at radius 1 is 1.11 bits per heavy atom. The van der Waals surface area contributed by atoms with E-state index in [1.165, 1.54) is 16.7 Å². The van der Waals surface area contributed by atoms with Crippen LogP contribution in [0.2, 0.25) is 0 Å². The molecule has 0 radical (unpaired) electrons. The molecule has 1 aliphatic heterocycles. The van der Waals surface area contributed by atoms with Gasteiger partial charge in [0.25, 0.3) is 0 Å². The second kappa shape index (κ2) is 4.65. The summed E-state index contributed by atoms with van der Waals surface area (Å²) in [6.45, 7) is 3.70. The fraction of sp³-hybridized carbons (Fsp3) is 0.200. The lowest BCUT2D eigenvalue weighted by molar-refractivity contribution is 0.323. The molecule has 92 valence electrons. The SMILES string of the molecule is Cc1ccc(-c2ccc3c(c2)NCCO3)cc1Br. The van der Waals surface area contributed by atoms with Gasteiger partial charge in [-0.2, -0.15) is 0 Å². The van der Waals surface area contributed by atoms with Gasteiger partial charge >= 0.3 is 0 Å². The minimum atomic E-state index is 0.739. The second-order valence-electron chi connectivity index (χ2n) is 4.45. The minimum absolute atomic E-state index is 0.739. The lowest BCUT2D eigenvalue weighted by atomic mass is 10.0. The summed E-state index contributed by atoms with van der Waals surface area (Å²) in [4.78, 5) is 0. The molecule has 0 atom stereocenters. The number of halogens is 1. The molecule has 18 heavy (non-hydrogen) atoms. The molecule has 1 N–H and O–H groups in total. The van der Waals surface area contributed by atoms with E-state index in [2.05, 4.69) is 58.5 Å². The average molecular weight is 304 g/mol. The lowest BCUT2D eigenvalue weighted by Gasteiger charge is -2.19. The Labute approximate surface area is 115 Å². The van der Waals surface area contributed by atoms with Gasteiger partial charge in [0, 0.05) is 11.0 Å². The van der Waals surface area contributed by atoms with E-state index in [0.29, 0.717) is 0 Å². The number of hydrogen-bond acceptors (Lipinski definition) is 2. The number of hydrogen-bond donors (Lipinski definition) is 1. The maximum Gasteiger partial charge on any atom is 0.142 e. The number of nitrogens with one attached hydrogen (secondary N) is 1. The Hall–Kier alpha value is -1.48. The van der Waals surface area contributed by atoms with Gasteiger partial charge in [-0.3, -0.25) is 0 Å². The van der Waals surface area contributed by atoms with E-state index in [-0.39, 0.29) is 0 Å². The fourth-order valence-electron chi connectivity index (χ4n) is 2.09. The van der Waals surface area contributed by atoms with Gasteiger partial charge in [-0.05, 0) is 41.8 Å². The van der Waals surface area contributed by atoms with Crippen molar-refractivity contribution in [3.05, 3.63) is 46.4 Å².